The summed E-state index contributed by atoms with van der Waals surface area (Å²) in [6.07, 6.45) is 10.2. The summed E-state index contributed by atoms with van der Waals surface area (Å²) in [7, 11) is 3.40. The van der Waals surface area contributed by atoms with E-state index in [-0.39, 0.29) is 18.0 Å². The molecule has 1 heterocycles. The summed E-state index contributed by atoms with van der Waals surface area (Å²) >= 11 is 0. The summed E-state index contributed by atoms with van der Waals surface area (Å²) in [4.78, 5) is 2.31. The first kappa shape index (κ1) is 25.5. The minimum atomic E-state index is -0.171. The number of phenols is 1. The Morgan fingerprint density at radius 1 is 0.944 bits per heavy atom. The Labute approximate surface area is 215 Å². The van der Waals surface area contributed by atoms with Gasteiger partial charge in [0.25, 0.3) is 0 Å². The van der Waals surface area contributed by atoms with Crippen LogP contribution in [0.25, 0.3) is 0 Å². The predicted octanol–water partition coefficient (Wildman–Crippen LogP) is 6.95. The van der Waals surface area contributed by atoms with Crippen LogP contribution in [0.2, 0.25) is 0 Å². The highest BCUT2D eigenvalue weighted by Gasteiger charge is 2.38. The Balaban J connectivity index is 1.45. The molecule has 5 rings (SSSR count). The number of phenolic OH excluding ortho intramolecular Hbond substituents is 1. The van der Waals surface area contributed by atoms with Crippen molar-refractivity contribution in [2.45, 2.75) is 76.9 Å². The van der Waals surface area contributed by atoms with E-state index in [2.05, 4.69) is 24.0 Å². The Kier molecular flexibility index (Phi) is 7.87. The SMILES string of the molecule is COC(OC)C1CCN(c2cc(C)c([C@@H]3c4ccc(O)cc4CC[C@@H]3C3CCCCC3)c(F)c2)CC1. The molecule has 0 amide bonds. The largest absolute Gasteiger partial charge is 0.508 e. The van der Waals surface area contributed by atoms with E-state index in [1.807, 2.05) is 6.07 Å². The van der Waals surface area contributed by atoms with Crippen molar-refractivity contribution in [3.8, 4) is 5.75 Å². The number of piperidine rings is 1. The molecular formula is C31H42FNO3. The smallest absolute Gasteiger partial charge is 0.159 e. The van der Waals surface area contributed by atoms with Crippen molar-refractivity contribution in [3.63, 3.8) is 0 Å². The van der Waals surface area contributed by atoms with Crippen molar-refractivity contribution in [3.05, 3.63) is 58.4 Å². The van der Waals surface area contributed by atoms with E-state index in [1.165, 1.54) is 43.2 Å². The zero-order valence-corrected chi connectivity index (χ0v) is 22.1. The molecule has 0 bridgehead atoms. The number of hydrogen-bond donors (Lipinski definition) is 1. The normalized spacial score (nSPS) is 23.8. The van der Waals surface area contributed by atoms with Crippen LogP contribution in [0.4, 0.5) is 10.1 Å². The number of rotatable bonds is 6. The summed E-state index contributed by atoms with van der Waals surface area (Å²) in [5.41, 5.74) is 5.30. The highest BCUT2D eigenvalue weighted by Crippen LogP contribution is 2.50. The average Bonchev–Trinajstić information content (AvgIpc) is 2.89. The molecule has 3 aliphatic rings. The van der Waals surface area contributed by atoms with Crippen LogP contribution in [0.5, 0.6) is 5.75 Å². The lowest BCUT2D eigenvalue weighted by Gasteiger charge is -2.41. The van der Waals surface area contributed by atoms with Crippen LogP contribution in [0.1, 0.15) is 79.5 Å². The van der Waals surface area contributed by atoms with Gasteiger partial charge in [-0.2, -0.15) is 0 Å². The van der Waals surface area contributed by atoms with Crippen LogP contribution in [-0.2, 0) is 15.9 Å². The van der Waals surface area contributed by atoms with Gasteiger partial charge in [0, 0.05) is 44.8 Å². The summed E-state index contributed by atoms with van der Waals surface area (Å²) in [5.74, 6) is 1.76. The van der Waals surface area contributed by atoms with E-state index in [4.69, 9.17) is 9.47 Å². The second-order valence-corrected chi connectivity index (χ2v) is 11.3. The maximum absolute atomic E-state index is 16.2. The predicted molar refractivity (Wildman–Crippen MR) is 142 cm³/mol. The summed E-state index contributed by atoms with van der Waals surface area (Å²) in [6.45, 7) is 3.85. The highest BCUT2D eigenvalue weighted by atomic mass is 19.1. The molecule has 4 nitrogen and oxygen atoms in total. The molecule has 0 spiro atoms. The molecule has 1 aliphatic heterocycles. The zero-order valence-electron chi connectivity index (χ0n) is 22.1. The molecule has 5 heteroatoms. The summed E-state index contributed by atoms with van der Waals surface area (Å²) < 4.78 is 27.1. The average molecular weight is 496 g/mol. The van der Waals surface area contributed by atoms with Gasteiger partial charge in [0.15, 0.2) is 6.29 Å². The second kappa shape index (κ2) is 11.1. The third-order valence-electron chi connectivity index (χ3n) is 9.28. The molecule has 36 heavy (non-hydrogen) atoms. The Bertz CT molecular complexity index is 1020. The Morgan fingerprint density at radius 3 is 2.33 bits per heavy atom. The number of ether oxygens (including phenoxy) is 2. The maximum atomic E-state index is 16.2. The van der Waals surface area contributed by atoms with Gasteiger partial charge in [-0.3, -0.25) is 0 Å². The van der Waals surface area contributed by atoms with Gasteiger partial charge in [-0.1, -0.05) is 38.2 Å². The van der Waals surface area contributed by atoms with Crippen LogP contribution in [-0.4, -0.2) is 38.7 Å². The van der Waals surface area contributed by atoms with Gasteiger partial charge in [0.1, 0.15) is 11.6 Å². The van der Waals surface area contributed by atoms with Crippen LogP contribution >= 0.6 is 0 Å². The molecule has 0 radical (unpaired) electrons. The van der Waals surface area contributed by atoms with Gasteiger partial charge < -0.3 is 19.5 Å². The molecule has 2 aromatic rings. The minimum Gasteiger partial charge on any atom is -0.508 e. The number of hydrogen-bond acceptors (Lipinski definition) is 4. The topological polar surface area (TPSA) is 41.9 Å². The van der Waals surface area contributed by atoms with Crippen molar-refractivity contribution in [1.82, 2.24) is 0 Å². The van der Waals surface area contributed by atoms with Crippen LogP contribution < -0.4 is 4.90 Å². The van der Waals surface area contributed by atoms with Crippen LogP contribution in [0, 0.1) is 30.5 Å². The van der Waals surface area contributed by atoms with Crippen molar-refractivity contribution in [1.29, 1.82) is 0 Å². The lowest BCUT2D eigenvalue weighted by molar-refractivity contribution is -0.141. The van der Waals surface area contributed by atoms with Crippen LogP contribution in [0.15, 0.2) is 30.3 Å². The quantitative estimate of drug-likeness (QED) is 0.440. The number of nitrogens with zero attached hydrogens (tertiary/aromatic N) is 1. The number of anilines is 1. The molecule has 196 valence electrons. The first-order valence-corrected chi connectivity index (χ1v) is 13.9. The minimum absolute atomic E-state index is 0.0569. The van der Waals surface area contributed by atoms with Crippen LogP contribution in [0.3, 0.4) is 0 Å². The van der Waals surface area contributed by atoms with Gasteiger partial charge in [0.05, 0.1) is 0 Å². The third kappa shape index (κ3) is 5.02. The van der Waals surface area contributed by atoms with E-state index in [9.17, 15) is 5.11 Å². The van der Waals surface area contributed by atoms with Crippen molar-refractivity contribution in [2.24, 2.45) is 17.8 Å². The standard InChI is InChI=1S/C31H42FNO3/c1-20-17-24(33-15-13-22(14-16-33)31(35-2)36-3)19-28(32)29(20)30-26(21-7-5-4-6-8-21)11-9-23-18-25(34)10-12-27(23)30/h10,12,17-19,21-22,26,30-31,34H,4-9,11,13-16H2,1-3H3/t26-,30+/m1/s1. The molecule has 1 saturated heterocycles. The fourth-order valence-corrected chi connectivity index (χ4v) is 7.50. The number of aromatic hydroxyl groups is 1. The van der Waals surface area contributed by atoms with Gasteiger partial charge in [0.2, 0.25) is 0 Å². The van der Waals surface area contributed by atoms with E-state index in [0.29, 0.717) is 23.5 Å². The first-order valence-electron chi connectivity index (χ1n) is 13.9. The number of methoxy groups -OCH3 is 2. The van der Waals surface area contributed by atoms with Gasteiger partial charge in [-0.25, -0.2) is 4.39 Å². The molecule has 2 aromatic carbocycles. The van der Waals surface area contributed by atoms with Gasteiger partial charge in [-0.15, -0.1) is 0 Å². The number of aryl methyl sites for hydroxylation is 2. The fourth-order valence-electron chi connectivity index (χ4n) is 7.50. The zero-order chi connectivity index (χ0) is 25.2. The third-order valence-corrected chi connectivity index (χ3v) is 9.28. The number of fused-ring (bicyclic) bond motifs is 1. The molecule has 2 aliphatic carbocycles. The lowest BCUT2D eigenvalue weighted by atomic mass is 9.63. The monoisotopic (exact) mass is 495 g/mol. The van der Waals surface area contributed by atoms with E-state index in [0.717, 1.165) is 55.6 Å². The lowest BCUT2D eigenvalue weighted by Crippen LogP contribution is -2.39. The molecular weight excluding hydrogens is 453 g/mol. The van der Waals surface area contributed by atoms with E-state index >= 15 is 4.39 Å². The first-order chi connectivity index (χ1) is 17.5. The van der Waals surface area contributed by atoms with Crippen molar-refractivity contribution in [2.75, 3.05) is 32.2 Å². The van der Waals surface area contributed by atoms with Crippen molar-refractivity contribution < 1.29 is 19.0 Å². The Morgan fingerprint density at radius 2 is 1.67 bits per heavy atom. The molecule has 0 aromatic heterocycles. The molecule has 0 unspecified atom stereocenters. The van der Waals surface area contributed by atoms with Gasteiger partial charge >= 0.3 is 0 Å². The van der Waals surface area contributed by atoms with Gasteiger partial charge in [-0.05, 0) is 91.0 Å². The molecule has 1 saturated carbocycles. The maximum Gasteiger partial charge on any atom is 0.159 e. The Hall–Kier alpha value is -2.11. The van der Waals surface area contributed by atoms with Crippen molar-refractivity contribution >= 4 is 5.69 Å². The summed E-state index contributed by atoms with van der Waals surface area (Å²) in [5, 5.41) is 10.1. The van der Waals surface area contributed by atoms with E-state index < -0.39 is 0 Å². The number of benzene rings is 2. The van der Waals surface area contributed by atoms with E-state index in [1.54, 1.807) is 26.4 Å². The fraction of sp³-hybridized carbons (Fsp3) is 0.613. The molecule has 1 N–H and O–H groups in total. The summed E-state index contributed by atoms with van der Waals surface area (Å²) in [6, 6.07) is 9.73. The molecule has 2 fully saturated rings. The highest BCUT2D eigenvalue weighted by molar-refractivity contribution is 5.55. The number of halogens is 1. The molecule has 2 atom stereocenters. The second-order valence-electron chi connectivity index (χ2n) is 11.3.